The first kappa shape index (κ1) is 15.1. The Hall–Kier alpha value is -1.32. The molecule has 0 aromatic rings. The largest absolute Gasteiger partial charge is 0.481 e. The van der Waals surface area contributed by atoms with E-state index in [1.807, 2.05) is 0 Å². The lowest BCUT2D eigenvalue weighted by atomic mass is 9.86. The molecule has 0 radical (unpaired) electrons. The van der Waals surface area contributed by atoms with Crippen LogP contribution in [0.4, 0.5) is 0 Å². The fourth-order valence-corrected chi connectivity index (χ4v) is 3.81. The summed E-state index contributed by atoms with van der Waals surface area (Å²) in [6.45, 7) is 3.06. The zero-order valence-electron chi connectivity index (χ0n) is 12.3. The van der Waals surface area contributed by atoms with E-state index in [0.29, 0.717) is 6.42 Å². The van der Waals surface area contributed by atoms with Crippen LogP contribution in [-0.2, 0) is 14.3 Å². The number of allylic oxidation sites excluding steroid dienone is 2. The van der Waals surface area contributed by atoms with E-state index in [4.69, 9.17) is 9.84 Å². The summed E-state index contributed by atoms with van der Waals surface area (Å²) in [5.74, 6) is 0.896. The third-order valence-corrected chi connectivity index (χ3v) is 4.61. The van der Waals surface area contributed by atoms with Gasteiger partial charge in [0.1, 0.15) is 5.60 Å². The quantitative estimate of drug-likeness (QED) is 0.574. The van der Waals surface area contributed by atoms with Crippen molar-refractivity contribution in [2.45, 2.75) is 58.0 Å². The summed E-state index contributed by atoms with van der Waals surface area (Å²) >= 11 is 0. The van der Waals surface area contributed by atoms with Crippen molar-refractivity contribution in [1.82, 2.24) is 0 Å². The van der Waals surface area contributed by atoms with Crippen LogP contribution in [0.5, 0.6) is 0 Å². The SMILES string of the molecule is CC(=O)OC(C)(CCCC1CC2C=CC1C2)CC(=O)O. The lowest BCUT2D eigenvalue weighted by molar-refractivity contribution is -0.161. The van der Waals surface area contributed by atoms with Gasteiger partial charge in [-0.15, -0.1) is 0 Å². The van der Waals surface area contributed by atoms with Crippen molar-refractivity contribution in [2.75, 3.05) is 0 Å². The van der Waals surface area contributed by atoms with E-state index >= 15 is 0 Å². The molecule has 0 aromatic carbocycles. The molecule has 0 amide bonds. The number of carbonyl (C=O) groups excluding carboxylic acids is 1. The smallest absolute Gasteiger partial charge is 0.307 e. The van der Waals surface area contributed by atoms with E-state index in [2.05, 4.69) is 12.2 Å². The summed E-state index contributed by atoms with van der Waals surface area (Å²) in [5, 5.41) is 8.96. The summed E-state index contributed by atoms with van der Waals surface area (Å²) in [4.78, 5) is 22.1. The van der Waals surface area contributed by atoms with Crippen LogP contribution in [0.25, 0.3) is 0 Å². The van der Waals surface area contributed by atoms with Crippen LogP contribution < -0.4 is 0 Å². The predicted molar refractivity (Wildman–Crippen MR) is 75.1 cm³/mol. The molecule has 2 aliphatic rings. The van der Waals surface area contributed by atoms with E-state index in [1.165, 1.54) is 19.8 Å². The van der Waals surface area contributed by atoms with Gasteiger partial charge >= 0.3 is 11.9 Å². The molecule has 2 rings (SSSR count). The fraction of sp³-hybridized carbons (Fsp3) is 0.750. The first-order valence-corrected chi connectivity index (χ1v) is 7.48. The van der Waals surface area contributed by atoms with Crippen LogP contribution in [0.3, 0.4) is 0 Å². The van der Waals surface area contributed by atoms with E-state index in [1.54, 1.807) is 6.92 Å². The number of fused-ring (bicyclic) bond motifs is 2. The second-order valence-corrected chi connectivity index (χ2v) is 6.55. The van der Waals surface area contributed by atoms with Gasteiger partial charge in [0, 0.05) is 6.92 Å². The van der Waals surface area contributed by atoms with Gasteiger partial charge in [-0.1, -0.05) is 12.2 Å². The second kappa shape index (κ2) is 5.98. The number of ether oxygens (including phenoxy) is 1. The fourth-order valence-electron chi connectivity index (χ4n) is 3.81. The zero-order chi connectivity index (χ0) is 14.8. The van der Waals surface area contributed by atoms with Gasteiger partial charge in [-0.25, -0.2) is 0 Å². The van der Waals surface area contributed by atoms with Crippen molar-refractivity contribution >= 4 is 11.9 Å². The van der Waals surface area contributed by atoms with Crippen molar-refractivity contribution in [3.63, 3.8) is 0 Å². The molecule has 0 aromatic heterocycles. The monoisotopic (exact) mass is 280 g/mol. The predicted octanol–water partition coefficient (Wildman–Crippen LogP) is 3.17. The lowest BCUT2D eigenvalue weighted by Crippen LogP contribution is -2.33. The number of hydrogen-bond donors (Lipinski definition) is 1. The summed E-state index contributed by atoms with van der Waals surface area (Å²) < 4.78 is 5.24. The molecule has 0 aliphatic heterocycles. The average molecular weight is 280 g/mol. The van der Waals surface area contributed by atoms with Gasteiger partial charge in [0.15, 0.2) is 0 Å². The number of carboxylic acid groups (broad SMARTS) is 1. The molecular weight excluding hydrogens is 256 g/mol. The number of esters is 1. The first-order chi connectivity index (χ1) is 9.38. The molecule has 4 heteroatoms. The van der Waals surface area contributed by atoms with Crippen LogP contribution in [0.15, 0.2) is 12.2 Å². The highest BCUT2D eigenvalue weighted by atomic mass is 16.6. The van der Waals surface area contributed by atoms with Gasteiger partial charge in [0.25, 0.3) is 0 Å². The van der Waals surface area contributed by atoms with E-state index < -0.39 is 17.5 Å². The molecule has 20 heavy (non-hydrogen) atoms. The van der Waals surface area contributed by atoms with Gasteiger partial charge < -0.3 is 9.84 Å². The van der Waals surface area contributed by atoms with E-state index in [9.17, 15) is 9.59 Å². The average Bonchev–Trinajstić information content (AvgIpc) is 2.87. The highest BCUT2D eigenvalue weighted by molar-refractivity contribution is 5.70. The minimum Gasteiger partial charge on any atom is -0.481 e. The highest BCUT2D eigenvalue weighted by Crippen LogP contribution is 2.45. The van der Waals surface area contributed by atoms with E-state index in [0.717, 1.165) is 30.6 Å². The Morgan fingerprint density at radius 1 is 1.35 bits per heavy atom. The minimum atomic E-state index is -0.920. The summed E-state index contributed by atoms with van der Waals surface area (Å²) in [5.41, 5.74) is -0.870. The van der Waals surface area contributed by atoms with Gasteiger partial charge in [-0.05, 0) is 56.8 Å². The summed E-state index contributed by atoms with van der Waals surface area (Å²) in [6.07, 6.45) is 9.74. The van der Waals surface area contributed by atoms with Crippen LogP contribution in [0, 0.1) is 17.8 Å². The first-order valence-electron chi connectivity index (χ1n) is 7.48. The molecule has 0 spiro atoms. The van der Waals surface area contributed by atoms with Crippen LogP contribution in [0.2, 0.25) is 0 Å². The highest BCUT2D eigenvalue weighted by Gasteiger charge is 2.36. The standard InChI is InChI=1S/C16H24O4/c1-11(17)20-16(2,10-15(18)19)7-3-4-13-8-12-5-6-14(13)9-12/h5-6,12-14H,3-4,7-10H2,1-2H3,(H,18,19). The zero-order valence-corrected chi connectivity index (χ0v) is 12.3. The van der Waals surface area contributed by atoms with E-state index in [-0.39, 0.29) is 6.42 Å². The van der Waals surface area contributed by atoms with Crippen molar-refractivity contribution in [3.8, 4) is 0 Å². The molecule has 2 aliphatic carbocycles. The molecule has 1 fully saturated rings. The van der Waals surface area contributed by atoms with Crippen molar-refractivity contribution in [1.29, 1.82) is 0 Å². The maximum atomic E-state index is 11.1. The number of rotatable bonds is 7. The van der Waals surface area contributed by atoms with Gasteiger partial charge in [0.2, 0.25) is 0 Å². The summed E-state index contributed by atoms with van der Waals surface area (Å²) in [7, 11) is 0. The van der Waals surface area contributed by atoms with Crippen molar-refractivity contribution in [3.05, 3.63) is 12.2 Å². The number of aliphatic carboxylic acids is 1. The Morgan fingerprint density at radius 2 is 2.10 bits per heavy atom. The Balaban J connectivity index is 1.81. The normalized spacial score (nSPS) is 30.2. The molecule has 4 nitrogen and oxygen atoms in total. The third kappa shape index (κ3) is 3.84. The maximum Gasteiger partial charge on any atom is 0.307 e. The Kier molecular flexibility index (Phi) is 4.51. The lowest BCUT2D eigenvalue weighted by Gasteiger charge is -2.28. The molecule has 0 saturated heterocycles. The van der Waals surface area contributed by atoms with Gasteiger partial charge in [-0.3, -0.25) is 9.59 Å². The topological polar surface area (TPSA) is 63.6 Å². The molecule has 4 atom stereocenters. The van der Waals surface area contributed by atoms with Crippen LogP contribution in [0.1, 0.15) is 52.4 Å². The van der Waals surface area contributed by atoms with Gasteiger partial charge in [-0.2, -0.15) is 0 Å². The molecule has 4 unspecified atom stereocenters. The molecule has 1 N–H and O–H groups in total. The Bertz CT molecular complexity index is 397. The molecule has 1 saturated carbocycles. The molecule has 112 valence electrons. The second-order valence-electron chi connectivity index (χ2n) is 6.55. The maximum absolute atomic E-state index is 11.1. The van der Waals surface area contributed by atoms with Crippen LogP contribution >= 0.6 is 0 Å². The molecule has 2 bridgehead atoms. The van der Waals surface area contributed by atoms with Crippen LogP contribution in [-0.4, -0.2) is 22.6 Å². The Morgan fingerprint density at radius 3 is 2.60 bits per heavy atom. The minimum absolute atomic E-state index is 0.122. The number of carboxylic acids is 1. The third-order valence-electron chi connectivity index (χ3n) is 4.61. The molecular formula is C16H24O4. The van der Waals surface area contributed by atoms with Crippen molar-refractivity contribution in [2.24, 2.45) is 17.8 Å². The van der Waals surface area contributed by atoms with Gasteiger partial charge in [0.05, 0.1) is 6.42 Å². The number of hydrogen-bond acceptors (Lipinski definition) is 3. The summed E-state index contributed by atoms with van der Waals surface area (Å²) in [6, 6.07) is 0. The van der Waals surface area contributed by atoms with Crippen molar-refractivity contribution < 1.29 is 19.4 Å². The Labute approximate surface area is 120 Å². The molecule has 0 heterocycles. The number of carbonyl (C=O) groups is 2.